The number of benzene rings is 1. The van der Waals surface area contributed by atoms with Crippen LogP contribution in [-0.4, -0.2) is 30.6 Å². The van der Waals surface area contributed by atoms with Crippen molar-refractivity contribution in [1.82, 2.24) is 10.3 Å². The van der Waals surface area contributed by atoms with Crippen LogP contribution in [0.25, 0.3) is 11.3 Å². The summed E-state index contributed by atoms with van der Waals surface area (Å²) >= 11 is 0. The van der Waals surface area contributed by atoms with E-state index >= 15 is 0 Å². The summed E-state index contributed by atoms with van der Waals surface area (Å²) in [6.45, 7) is 5.30. The van der Waals surface area contributed by atoms with Crippen LogP contribution in [0.5, 0.6) is 0 Å². The Morgan fingerprint density at radius 2 is 1.88 bits per heavy atom. The van der Waals surface area contributed by atoms with Gasteiger partial charge in [0.15, 0.2) is 0 Å². The molecule has 1 aliphatic rings. The van der Waals surface area contributed by atoms with Gasteiger partial charge in [0.1, 0.15) is 0 Å². The average molecular weight is 364 g/mol. The van der Waals surface area contributed by atoms with Crippen molar-refractivity contribution in [1.29, 1.82) is 0 Å². The quantitative estimate of drug-likeness (QED) is 0.897. The number of nitrogens with one attached hydrogen (secondary N) is 1. The lowest BCUT2D eigenvalue weighted by Crippen LogP contribution is -2.48. The van der Waals surface area contributed by atoms with Crippen molar-refractivity contribution < 1.29 is 22.7 Å². The van der Waals surface area contributed by atoms with Crippen molar-refractivity contribution in [2.45, 2.75) is 20.0 Å². The highest BCUT2D eigenvalue weighted by Crippen LogP contribution is 2.32. The SMILES string of the molecule is Cc1cc(C(F)(F)F)cc(-c2ccc(C(=O)NCC3(C)COC3)cc2)n1. The second-order valence-corrected chi connectivity index (χ2v) is 6.94. The van der Waals surface area contributed by atoms with Crippen LogP contribution < -0.4 is 5.32 Å². The summed E-state index contributed by atoms with van der Waals surface area (Å²) in [6, 6.07) is 8.40. The molecule has 4 nitrogen and oxygen atoms in total. The molecule has 0 saturated carbocycles. The summed E-state index contributed by atoms with van der Waals surface area (Å²) in [5.74, 6) is -0.224. The summed E-state index contributed by atoms with van der Waals surface area (Å²) in [5, 5.41) is 2.86. The maximum atomic E-state index is 13.0. The van der Waals surface area contributed by atoms with Gasteiger partial charge in [-0.3, -0.25) is 9.78 Å². The second kappa shape index (κ2) is 6.72. The van der Waals surface area contributed by atoms with E-state index in [0.29, 0.717) is 30.9 Å². The number of carbonyl (C=O) groups is 1. The Hall–Kier alpha value is -2.41. The summed E-state index contributed by atoms with van der Waals surface area (Å²) in [7, 11) is 0. The molecule has 0 bridgehead atoms. The van der Waals surface area contributed by atoms with Crippen LogP contribution in [0.4, 0.5) is 13.2 Å². The largest absolute Gasteiger partial charge is 0.416 e. The van der Waals surface area contributed by atoms with Gasteiger partial charge in [0.05, 0.1) is 24.5 Å². The van der Waals surface area contributed by atoms with Crippen LogP contribution in [0.1, 0.15) is 28.5 Å². The van der Waals surface area contributed by atoms with E-state index in [1.165, 1.54) is 6.92 Å². The van der Waals surface area contributed by atoms with E-state index in [0.717, 1.165) is 12.1 Å². The molecule has 2 aromatic rings. The predicted octanol–water partition coefficient (Wildman–Crippen LogP) is 3.84. The normalized spacial score (nSPS) is 16.0. The molecule has 1 N–H and O–H groups in total. The summed E-state index contributed by atoms with van der Waals surface area (Å²) in [6.07, 6.45) is -4.43. The molecule has 1 saturated heterocycles. The Kier molecular flexibility index (Phi) is 4.75. The molecule has 1 fully saturated rings. The van der Waals surface area contributed by atoms with Gasteiger partial charge in [-0.15, -0.1) is 0 Å². The zero-order chi connectivity index (χ0) is 18.9. The molecule has 3 rings (SSSR count). The molecule has 26 heavy (non-hydrogen) atoms. The minimum absolute atomic E-state index is 0.0327. The van der Waals surface area contributed by atoms with Crippen molar-refractivity contribution in [3.8, 4) is 11.3 Å². The Labute approximate surface area is 149 Å². The van der Waals surface area contributed by atoms with Gasteiger partial charge in [-0.05, 0) is 31.2 Å². The smallest absolute Gasteiger partial charge is 0.380 e. The highest BCUT2D eigenvalue weighted by Gasteiger charge is 2.33. The molecule has 2 heterocycles. The monoisotopic (exact) mass is 364 g/mol. The number of ether oxygens (including phenoxy) is 1. The van der Waals surface area contributed by atoms with Crippen LogP contribution in [0.15, 0.2) is 36.4 Å². The van der Waals surface area contributed by atoms with E-state index < -0.39 is 11.7 Å². The molecule has 1 aromatic carbocycles. The summed E-state index contributed by atoms with van der Waals surface area (Å²) in [4.78, 5) is 16.4. The van der Waals surface area contributed by atoms with Crippen molar-refractivity contribution in [2.24, 2.45) is 5.41 Å². The molecular formula is C19H19F3N2O2. The third kappa shape index (κ3) is 4.04. The van der Waals surface area contributed by atoms with Gasteiger partial charge in [0, 0.05) is 28.8 Å². The van der Waals surface area contributed by atoms with Crippen LogP contribution >= 0.6 is 0 Å². The predicted molar refractivity (Wildman–Crippen MR) is 90.7 cm³/mol. The van der Waals surface area contributed by atoms with Crippen molar-refractivity contribution in [2.75, 3.05) is 19.8 Å². The molecule has 0 spiro atoms. The first kappa shape index (κ1) is 18.4. The first-order valence-electron chi connectivity index (χ1n) is 8.19. The maximum absolute atomic E-state index is 13.0. The molecule has 7 heteroatoms. The minimum Gasteiger partial charge on any atom is -0.380 e. The van der Waals surface area contributed by atoms with E-state index in [4.69, 9.17) is 4.74 Å². The van der Waals surface area contributed by atoms with Gasteiger partial charge in [-0.2, -0.15) is 13.2 Å². The number of hydrogen-bond acceptors (Lipinski definition) is 3. The fourth-order valence-electron chi connectivity index (χ4n) is 2.72. The third-order valence-corrected chi connectivity index (χ3v) is 4.30. The average Bonchev–Trinajstić information content (AvgIpc) is 2.57. The Bertz CT molecular complexity index is 813. The number of hydrogen-bond donors (Lipinski definition) is 1. The van der Waals surface area contributed by atoms with E-state index in [1.807, 2.05) is 6.92 Å². The van der Waals surface area contributed by atoms with Gasteiger partial charge in [-0.1, -0.05) is 19.1 Å². The first-order chi connectivity index (χ1) is 12.2. The molecule has 1 aliphatic heterocycles. The lowest BCUT2D eigenvalue weighted by Gasteiger charge is -2.38. The zero-order valence-corrected chi connectivity index (χ0v) is 14.5. The van der Waals surface area contributed by atoms with Crippen molar-refractivity contribution in [3.63, 3.8) is 0 Å². The number of pyridine rings is 1. The lowest BCUT2D eigenvalue weighted by molar-refractivity contribution is -0.137. The number of aryl methyl sites for hydroxylation is 1. The van der Waals surface area contributed by atoms with Gasteiger partial charge in [0.25, 0.3) is 5.91 Å². The number of rotatable bonds is 4. The number of amides is 1. The van der Waals surface area contributed by atoms with Crippen LogP contribution in [0.3, 0.4) is 0 Å². The van der Waals surface area contributed by atoms with Crippen LogP contribution in [0.2, 0.25) is 0 Å². The first-order valence-corrected chi connectivity index (χ1v) is 8.19. The summed E-state index contributed by atoms with van der Waals surface area (Å²) in [5.41, 5.74) is 0.708. The lowest BCUT2D eigenvalue weighted by atomic mass is 9.88. The molecule has 1 amide bonds. The Morgan fingerprint density at radius 3 is 2.42 bits per heavy atom. The van der Waals surface area contributed by atoms with E-state index in [-0.39, 0.29) is 22.7 Å². The number of aromatic nitrogens is 1. The Balaban J connectivity index is 1.75. The van der Waals surface area contributed by atoms with Crippen molar-refractivity contribution in [3.05, 3.63) is 53.2 Å². The number of carbonyl (C=O) groups excluding carboxylic acids is 1. The fourth-order valence-corrected chi connectivity index (χ4v) is 2.72. The number of alkyl halides is 3. The highest BCUT2D eigenvalue weighted by atomic mass is 19.4. The Morgan fingerprint density at radius 1 is 1.23 bits per heavy atom. The standard InChI is InChI=1S/C19H19F3N2O2/c1-12-7-15(19(20,21)22)8-16(24-12)13-3-5-14(6-4-13)17(25)23-9-18(2)10-26-11-18/h3-8H,9-11H2,1-2H3,(H,23,25). The molecule has 138 valence electrons. The third-order valence-electron chi connectivity index (χ3n) is 4.30. The minimum atomic E-state index is -4.43. The molecular weight excluding hydrogens is 345 g/mol. The summed E-state index contributed by atoms with van der Waals surface area (Å²) < 4.78 is 44.0. The van der Waals surface area contributed by atoms with Gasteiger partial charge >= 0.3 is 6.18 Å². The van der Waals surface area contributed by atoms with E-state index in [9.17, 15) is 18.0 Å². The molecule has 0 atom stereocenters. The topological polar surface area (TPSA) is 51.2 Å². The molecule has 0 radical (unpaired) electrons. The molecule has 0 aliphatic carbocycles. The second-order valence-electron chi connectivity index (χ2n) is 6.94. The van der Waals surface area contributed by atoms with E-state index in [1.54, 1.807) is 24.3 Å². The highest BCUT2D eigenvalue weighted by molar-refractivity contribution is 5.94. The van der Waals surface area contributed by atoms with Gasteiger partial charge in [-0.25, -0.2) is 0 Å². The van der Waals surface area contributed by atoms with Gasteiger partial charge < -0.3 is 10.1 Å². The van der Waals surface area contributed by atoms with Crippen LogP contribution in [0, 0.1) is 12.3 Å². The molecule has 0 unspecified atom stereocenters. The molecule has 1 aromatic heterocycles. The van der Waals surface area contributed by atoms with Gasteiger partial charge in [0.2, 0.25) is 0 Å². The fraction of sp³-hybridized carbons (Fsp3) is 0.368. The van der Waals surface area contributed by atoms with Crippen molar-refractivity contribution >= 4 is 5.91 Å². The number of halogens is 3. The maximum Gasteiger partial charge on any atom is 0.416 e. The zero-order valence-electron chi connectivity index (χ0n) is 14.5. The number of nitrogens with zero attached hydrogens (tertiary/aromatic N) is 1. The van der Waals surface area contributed by atoms with Crippen LogP contribution in [-0.2, 0) is 10.9 Å². The van der Waals surface area contributed by atoms with E-state index in [2.05, 4.69) is 10.3 Å².